The number of thiazole rings is 3. The van der Waals surface area contributed by atoms with Crippen molar-refractivity contribution in [2.45, 2.75) is 114 Å². The minimum absolute atomic E-state index is 0.0671. The Morgan fingerprint density at radius 3 is 1.43 bits per heavy atom. The molecule has 0 bridgehead atoms. The SMILES string of the molecule is COc1cnc2c(-c3nc4cc(F)c(O[C@@H]5CCC[C@H]5O)cc4s3)cc(COCOc3cnc4c(-c5nc6cc(F)c(O[C@@H]7CCC[C@H]7OC)cc6s5)cc(CCOc5cnc6c(-c7nc8cc(F)c(O[C@@H]9CCC[C@H]9O)cc8s7)cc(C)cc6n5)cc4n3)cc2n1. The van der Waals surface area contributed by atoms with E-state index < -0.39 is 41.9 Å². The van der Waals surface area contributed by atoms with Crippen LogP contribution in [0.3, 0.4) is 0 Å². The molecule has 0 aliphatic heterocycles. The van der Waals surface area contributed by atoms with Crippen LogP contribution < -0.4 is 28.4 Å². The number of rotatable bonds is 20. The van der Waals surface area contributed by atoms with Crippen molar-refractivity contribution in [3.8, 4) is 66.6 Å². The molecule has 0 saturated heterocycles. The van der Waals surface area contributed by atoms with Crippen LogP contribution in [0, 0.1) is 24.4 Å². The number of ether oxygens (including phenoxy) is 8. The summed E-state index contributed by atoms with van der Waals surface area (Å²) in [4.78, 5) is 43.4. The Morgan fingerprint density at radius 1 is 0.467 bits per heavy atom. The van der Waals surface area contributed by atoms with Crippen LogP contribution in [0.25, 0.3) is 95.5 Å². The first kappa shape index (κ1) is 59.7. The van der Waals surface area contributed by atoms with Crippen molar-refractivity contribution in [2.75, 3.05) is 27.6 Å². The largest absolute Gasteiger partial charge is 0.485 e. The lowest BCUT2D eigenvalue weighted by Gasteiger charge is -2.20. The Hall–Kier alpha value is -8.56. The maximum atomic E-state index is 15.8. The van der Waals surface area contributed by atoms with Gasteiger partial charge in [0, 0.05) is 66.6 Å². The number of aryl methyl sites for hydroxylation is 1. The van der Waals surface area contributed by atoms with Gasteiger partial charge in [0.25, 0.3) is 0 Å². The van der Waals surface area contributed by atoms with Crippen molar-refractivity contribution in [3.63, 3.8) is 0 Å². The number of hydrogen-bond donors (Lipinski definition) is 2. The molecule has 25 heteroatoms. The molecule has 6 atom stereocenters. The van der Waals surface area contributed by atoms with E-state index in [0.717, 1.165) is 63.8 Å². The highest BCUT2D eigenvalue weighted by Gasteiger charge is 2.32. The molecule has 0 amide bonds. The van der Waals surface area contributed by atoms with E-state index in [-0.39, 0.29) is 55.3 Å². The number of benzene rings is 6. The number of hydrogen-bond acceptors (Lipinski definition) is 22. The standard InChI is InChI=1S/C67H58F3N9O10S3/c1-32-15-35(65-77-41-21-38(68)53(24-56(41)90-65)87-49-9-4-7-47(49)80)62-44(16-32)75-60(28-72-62)85-14-13-33-17-36(66-78-43-23-40(70)55(26-58(43)91-66)89-52-12-6-11-51(52)82-2)63-45(19-33)76-61(29-73-63)86-31-84-30-34-18-37(64-46(20-34)74-59(83-3)27-71-64)67-79-42-22-39(69)54(25-57(42)92-67)88-50-10-5-8-48(50)81/h15-29,47-52,80-81H,4-14,30-31H2,1-3H3/t47-,48-,49-,50-,51-,52-/m1/s1. The Balaban J connectivity index is 0.685. The molecule has 3 aliphatic carbocycles. The third-order valence-corrected chi connectivity index (χ3v) is 20.1. The summed E-state index contributed by atoms with van der Waals surface area (Å²) in [6, 6.07) is 20.6. The molecule has 19 nitrogen and oxygen atoms in total. The van der Waals surface area contributed by atoms with Crippen LogP contribution in [-0.4, -0.2) is 119 Å². The van der Waals surface area contributed by atoms with Crippen LogP contribution in [0.5, 0.6) is 34.9 Å². The van der Waals surface area contributed by atoms with E-state index >= 15 is 13.2 Å². The van der Waals surface area contributed by atoms with Gasteiger partial charge in [-0.1, -0.05) is 0 Å². The van der Waals surface area contributed by atoms with Gasteiger partial charge >= 0.3 is 0 Å². The van der Waals surface area contributed by atoms with E-state index in [1.807, 2.05) is 43.3 Å². The second kappa shape index (κ2) is 25.2. The van der Waals surface area contributed by atoms with Gasteiger partial charge in [-0.2, -0.15) is 0 Å². The van der Waals surface area contributed by atoms with E-state index in [9.17, 15) is 10.2 Å². The summed E-state index contributed by atoms with van der Waals surface area (Å²) in [5, 5.41) is 22.5. The van der Waals surface area contributed by atoms with Crippen LogP contribution in [0.1, 0.15) is 74.5 Å². The van der Waals surface area contributed by atoms with Gasteiger partial charge in [-0.25, -0.2) is 58.0 Å². The van der Waals surface area contributed by atoms with Crippen molar-refractivity contribution in [1.29, 1.82) is 0 Å². The van der Waals surface area contributed by atoms with Crippen molar-refractivity contribution < 1.29 is 61.3 Å². The number of methoxy groups -OCH3 is 2. The van der Waals surface area contributed by atoms with E-state index in [1.165, 1.54) is 71.7 Å². The molecule has 0 unspecified atom stereocenters. The number of fused-ring (bicyclic) bond motifs is 6. The number of aromatic nitrogens is 9. The second-order valence-corrected chi connectivity index (χ2v) is 26.3. The van der Waals surface area contributed by atoms with Crippen LogP contribution >= 0.6 is 34.0 Å². The number of halogens is 3. The summed E-state index contributed by atoms with van der Waals surface area (Å²) in [5.74, 6) is -0.516. The van der Waals surface area contributed by atoms with Crippen LogP contribution in [-0.2, 0) is 22.5 Å². The summed E-state index contributed by atoms with van der Waals surface area (Å²) in [7, 11) is 3.16. The molecule has 0 radical (unpaired) electrons. The van der Waals surface area contributed by atoms with Crippen molar-refractivity contribution in [3.05, 3.63) is 126 Å². The predicted molar refractivity (Wildman–Crippen MR) is 343 cm³/mol. The van der Waals surface area contributed by atoms with Gasteiger partial charge in [-0.15, -0.1) is 34.0 Å². The Labute approximate surface area is 535 Å². The molecule has 6 heterocycles. The number of nitrogens with zero attached hydrogens (tertiary/aromatic N) is 9. The van der Waals surface area contributed by atoms with E-state index in [0.29, 0.717) is 124 Å². The van der Waals surface area contributed by atoms with Gasteiger partial charge in [-0.3, -0.25) is 0 Å². The van der Waals surface area contributed by atoms with Crippen molar-refractivity contribution in [2.24, 2.45) is 0 Å². The predicted octanol–water partition coefficient (Wildman–Crippen LogP) is 13.8. The molecule has 3 saturated carbocycles. The van der Waals surface area contributed by atoms with Crippen LogP contribution in [0.15, 0.2) is 91.4 Å². The lowest BCUT2D eigenvalue weighted by atomic mass is 10.1. The Morgan fingerprint density at radius 2 is 0.913 bits per heavy atom. The van der Waals surface area contributed by atoms with Gasteiger partial charge in [0.2, 0.25) is 17.6 Å². The van der Waals surface area contributed by atoms with Gasteiger partial charge in [0.05, 0.1) is 121 Å². The average molecular weight is 1300 g/mol. The van der Waals surface area contributed by atoms with Gasteiger partial charge < -0.3 is 48.1 Å². The molecule has 12 aromatic rings. The number of aliphatic hydroxyl groups is 2. The normalized spacial score (nSPS) is 19.2. The van der Waals surface area contributed by atoms with Crippen LogP contribution in [0.2, 0.25) is 0 Å². The summed E-state index contributed by atoms with van der Waals surface area (Å²) in [5.41, 5.74) is 9.21. The molecule has 3 fully saturated rings. The molecule has 2 N–H and O–H groups in total. The first-order chi connectivity index (χ1) is 44.8. The highest BCUT2D eigenvalue weighted by molar-refractivity contribution is 7.22. The molecule has 3 aliphatic rings. The quantitative estimate of drug-likeness (QED) is 0.0533. The van der Waals surface area contributed by atoms with Gasteiger partial charge in [-0.05, 0) is 118 Å². The molecular weight excluding hydrogens is 1240 g/mol. The topological polar surface area (TPSA) is 230 Å². The fourth-order valence-corrected chi connectivity index (χ4v) is 15.3. The molecule has 92 heavy (non-hydrogen) atoms. The fourth-order valence-electron chi connectivity index (χ4n) is 12.3. The van der Waals surface area contributed by atoms with E-state index in [1.54, 1.807) is 31.5 Å². The maximum absolute atomic E-state index is 15.8. The minimum Gasteiger partial charge on any atom is -0.485 e. The third kappa shape index (κ3) is 12.0. The maximum Gasteiger partial charge on any atom is 0.235 e. The lowest BCUT2D eigenvalue weighted by Crippen LogP contribution is -2.27. The fraction of sp³-hybridized carbons (Fsp3) is 0.328. The summed E-state index contributed by atoms with van der Waals surface area (Å²) in [6.07, 6.45) is 9.10. The first-order valence-corrected chi connectivity index (χ1v) is 32.7. The lowest BCUT2D eigenvalue weighted by molar-refractivity contribution is 0.00259. The zero-order valence-electron chi connectivity index (χ0n) is 49.9. The molecule has 0 spiro atoms. The average Bonchev–Trinajstić information content (AvgIpc) is 1.66. The van der Waals surface area contributed by atoms with E-state index in [2.05, 4.69) is 9.97 Å². The molecule has 6 aromatic heterocycles. The molecule has 15 rings (SSSR count). The highest BCUT2D eigenvalue weighted by atomic mass is 32.1. The minimum atomic E-state index is -0.651. The Bertz CT molecular complexity index is 4830. The molecule has 6 aromatic carbocycles. The monoisotopic (exact) mass is 1300 g/mol. The molecule has 470 valence electrons. The van der Waals surface area contributed by atoms with Crippen molar-refractivity contribution >= 4 is 97.8 Å². The summed E-state index contributed by atoms with van der Waals surface area (Å²) >= 11 is 4.13. The summed E-state index contributed by atoms with van der Waals surface area (Å²) in [6.45, 7) is 2.01. The van der Waals surface area contributed by atoms with Gasteiger partial charge in [0.1, 0.15) is 33.3 Å². The molecular formula is C67H58F3N9O10S3. The number of aliphatic hydroxyl groups excluding tert-OH is 2. The smallest absolute Gasteiger partial charge is 0.235 e. The van der Waals surface area contributed by atoms with Crippen molar-refractivity contribution in [1.82, 2.24) is 44.9 Å². The van der Waals surface area contributed by atoms with Crippen LogP contribution in [0.4, 0.5) is 13.2 Å². The Kier molecular flexibility index (Phi) is 16.3. The summed E-state index contributed by atoms with van der Waals surface area (Å²) < 4.78 is 96.4. The third-order valence-electron chi connectivity index (χ3n) is 16.9. The zero-order chi connectivity index (χ0) is 62.7. The van der Waals surface area contributed by atoms with Gasteiger partial charge in [0.15, 0.2) is 41.5 Å². The van der Waals surface area contributed by atoms with E-state index in [4.69, 9.17) is 72.8 Å². The second-order valence-electron chi connectivity index (χ2n) is 23.2. The first-order valence-electron chi connectivity index (χ1n) is 30.3. The zero-order valence-corrected chi connectivity index (χ0v) is 52.3. The highest BCUT2D eigenvalue weighted by Crippen LogP contribution is 2.43.